The maximum absolute atomic E-state index is 11.2. The zero-order valence-corrected chi connectivity index (χ0v) is 14.4. The van der Waals surface area contributed by atoms with Crippen molar-refractivity contribution in [1.29, 1.82) is 0 Å². The molecule has 0 radical (unpaired) electrons. The number of benzene rings is 1. The minimum absolute atomic E-state index is 0.104. The monoisotopic (exact) mass is 366 g/mol. The molecule has 1 aromatic carbocycles. The number of carboxylic acid groups (broad SMARTS) is 1. The van der Waals surface area contributed by atoms with Crippen molar-refractivity contribution in [3.8, 4) is 5.75 Å². The van der Waals surface area contributed by atoms with Gasteiger partial charge in [-0.05, 0) is 52.9 Å². The zero-order chi connectivity index (χ0) is 16.3. The molecular formula is C16H19BrN2O3. The highest BCUT2D eigenvalue weighted by atomic mass is 79.9. The highest BCUT2D eigenvalue weighted by Crippen LogP contribution is 2.30. The van der Waals surface area contributed by atoms with E-state index in [9.17, 15) is 9.90 Å². The third-order valence-electron chi connectivity index (χ3n) is 3.74. The van der Waals surface area contributed by atoms with Crippen LogP contribution >= 0.6 is 15.9 Å². The highest BCUT2D eigenvalue weighted by Gasteiger charge is 2.18. The summed E-state index contributed by atoms with van der Waals surface area (Å²) in [6.07, 6.45) is 1.07. The molecule has 0 fully saturated rings. The summed E-state index contributed by atoms with van der Waals surface area (Å²) in [6, 6.07) is 5.96. The van der Waals surface area contributed by atoms with E-state index in [1.54, 1.807) is 6.92 Å². The number of aromatic nitrogens is 2. The number of rotatable bonds is 6. The van der Waals surface area contributed by atoms with Gasteiger partial charge >= 0.3 is 5.97 Å². The van der Waals surface area contributed by atoms with E-state index in [4.69, 9.17) is 4.74 Å². The number of aromatic carboxylic acids is 1. The van der Waals surface area contributed by atoms with Gasteiger partial charge in [-0.2, -0.15) is 5.10 Å². The number of ether oxygens (including phenoxy) is 1. The summed E-state index contributed by atoms with van der Waals surface area (Å²) in [4.78, 5) is 11.2. The van der Waals surface area contributed by atoms with E-state index in [-0.39, 0.29) is 12.2 Å². The molecule has 1 unspecified atom stereocenters. The van der Waals surface area contributed by atoms with Crippen LogP contribution in [0.15, 0.2) is 22.7 Å². The summed E-state index contributed by atoms with van der Waals surface area (Å²) >= 11 is 3.50. The molecule has 0 spiro atoms. The van der Waals surface area contributed by atoms with Crippen molar-refractivity contribution in [1.82, 2.24) is 10.2 Å². The summed E-state index contributed by atoms with van der Waals surface area (Å²) in [5.74, 6) is 0.151. The standard InChI is InChI=1S/C16H19BrN2O3/c1-4-9(2)11-5-6-14(12(17)7-11)22-8-13-15(16(20)21)10(3)18-19-13/h5-7,9H,4,8H2,1-3H3,(H,18,19)(H,20,21). The summed E-state index contributed by atoms with van der Waals surface area (Å²) < 4.78 is 6.56. The van der Waals surface area contributed by atoms with Crippen LogP contribution in [0.1, 0.15) is 53.5 Å². The third-order valence-corrected chi connectivity index (χ3v) is 4.36. The lowest BCUT2D eigenvalue weighted by Crippen LogP contribution is -2.05. The fourth-order valence-corrected chi connectivity index (χ4v) is 2.70. The Labute approximate surface area is 137 Å². The normalized spacial score (nSPS) is 12.2. The lowest BCUT2D eigenvalue weighted by atomic mass is 9.99. The van der Waals surface area contributed by atoms with Crippen molar-refractivity contribution in [2.24, 2.45) is 0 Å². The Morgan fingerprint density at radius 1 is 1.50 bits per heavy atom. The van der Waals surface area contributed by atoms with Gasteiger partial charge in [-0.15, -0.1) is 0 Å². The predicted molar refractivity (Wildman–Crippen MR) is 87.5 cm³/mol. The number of aryl methyl sites for hydroxylation is 1. The highest BCUT2D eigenvalue weighted by molar-refractivity contribution is 9.10. The molecular weight excluding hydrogens is 348 g/mol. The number of halogens is 1. The molecule has 22 heavy (non-hydrogen) atoms. The van der Waals surface area contributed by atoms with Gasteiger partial charge in [0.2, 0.25) is 0 Å². The van der Waals surface area contributed by atoms with Crippen LogP contribution < -0.4 is 4.74 Å². The second-order valence-corrected chi connectivity index (χ2v) is 6.12. The van der Waals surface area contributed by atoms with Crippen molar-refractivity contribution in [3.63, 3.8) is 0 Å². The molecule has 2 N–H and O–H groups in total. The topological polar surface area (TPSA) is 75.2 Å². The predicted octanol–water partition coefficient (Wildman–Crippen LogP) is 4.27. The number of carboxylic acids is 1. The molecule has 1 aromatic heterocycles. The Balaban J connectivity index is 2.14. The molecule has 0 aliphatic rings. The van der Waals surface area contributed by atoms with E-state index in [0.717, 1.165) is 10.9 Å². The molecule has 0 saturated heterocycles. The molecule has 0 aliphatic carbocycles. The molecule has 1 atom stereocenters. The SMILES string of the molecule is CCC(C)c1ccc(OCc2n[nH]c(C)c2C(=O)O)c(Br)c1. The van der Waals surface area contributed by atoms with Crippen LogP contribution in [-0.2, 0) is 6.61 Å². The average Bonchev–Trinajstić information content (AvgIpc) is 2.86. The van der Waals surface area contributed by atoms with Crippen molar-refractivity contribution in [2.75, 3.05) is 0 Å². The lowest BCUT2D eigenvalue weighted by molar-refractivity contribution is 0.0693. The molecule has 5 nitrogen and oxygen atoms in total. The van der Waals surface area contributed by atoms with Gasteiger partial charge in [0.15, 0.2) is 0 Å². The first-order valence-electron chi connectivity index (χ1n) is 7.13. The van der Waals surface area contributed by atoms with Crippen molar-refractivity contribution >= 4 is 21.9 Å². The van der Waals surface area contributed by atoms with E-state index in [1.165, 1.54) is 5.56 Å². The molecule has 0 aliphatic heterocycles. The van der Waals surface area contributed by atoms with Crippen molar-refractivity contribution < 1.29 is 14.6 Å². The van der Waals surface area contributed by atoms with Gasteiger partial charge < -0.3 is 9.84 Å². The van der Waals surface area contributed by atoms with Crippen LogP contribution in [0.4, 0.5) is 0 Å². The Bertz CT molecular complexity index is 682. The van der Waals surface area contributed by atoms with E-state index in [2.05, 4.69) is 40.0 Å². The van der Waals surface area contributed by atoms with Crippen LogP contribution in [0.25, 0.3) is 0 Å². The molecule has 1 heterocycles. The minimum atomic E-state index is -1.00. The van der Waals surface area contributed by atoms with Crippen LogP contribution in [0, 0.1) is 6.92 Å². The molecule has 6 heteroatoms. The Morgan fingerprint density at radius 3 is 2.82 bits per heavy atom. The van der Waals surface area contributed by atoms with Crippen LogP contribution in [0.3, 0.4) is 0 Å². The second kappa shape index (κ2) is 6.96. The molecule has 118 valence electrons. The largest absolute Gasteiger partial charge is 0.486 e. The summed E-state index contributed by atoms with van der Waals surface area (Å²) in [7, 11) is 0. The van der Waals surface area contributed by atoms with Crippen LogP contribution in [0.2, 0.25) is 0 Å². The smallest absolute Gasteiger partial charge is 0.339 e. The average molecular weight is 367 g/mol. The zero-order valence-electron chi connectivity index (χ0n) is 12.8. The maximum atomic E-state index is 11.2. The van der Waals surface area contributed by atoms with Crippen molar-refractivity contribution in [2.45, 2.75) is 39.7 Å². The molecule has 0 bridgehead atoms. The van der Waals surface area contributed by atoms with Gasteiger partial charge in [-0.3, -0.25) is 5.10 Å². The van der Waals surface area contributed by atoms with Gasteiger partial charge in [0.1, 0.15) is 23.6 Å². The van der Waals surface area contributed by atoms with Gasteiger partial charge in [-0.25, -0.2) is 4.79 Å². The summed E-state index contributed by atoms with van der Waals surface area (Å²) in [5.41, 5.74) is 2.33. The summed E-state index contributed by atoms with van der Waals surface area (Å²) in [5, 5.41) is 15.9. The Hall–Kier alpha value is -1.82. The van der Waals surface area contributed by atoms with E-state index in [1.807, 2.05) is 18.2 Å². The maximum Gasteiger partial charge on any atom is 0.339 e. The number of nitrogens with zero attached hydrogens (tertiary/aromatic N) is 1. The summed E-state index contributed by atoms with van der Waals surface area (Å²) in [6.45, 7) is 6.11. The fraction of sp³-hybridized carbons (Fsp3) is 0.375. The van der Waals surface area contributed by atoms with E-state index in [0.29, 0.717) is 23.1 Å². The Kier molecular flexibility index (Phi) is 5.24. The number of carbonyl (C=O) groups is 1. The first-order chi connectivity index (χ1) is 10.4. The van der Waals surface area contributed by atoms with E-state index >= 15 is 0 Å². The molecule has 2 rings (SSSR count). The van der Waals surface area contributed by atoms with Crippen LogP contribution in [0.5, 0.6) is 5.75 Å². The number of hydrogen-bond donors (Lipinski definition) is 2. The number of H-pyrrole nitrogens is 1. The molecule has 0 saturated carbocycles. The number of aromatic amines is 1. The molecule has 2 aromatic rings. The lowest BCUT2D eigenvalue weighted by Gasteiger charge is -2.12. The first kappa shape index (κ1) is 16.5. The first-order valence-corrected chi connectivity index (χ1v) is 7.92. The minimum Gasteiger partial charge on any atom is -0.486 e. The second-order valence-electron chi connectivity index (χ2n) is 5.26. The van der Waals surface area contributed by atoms with Gasteiger partial charge in [0, 0.05) is 5.69 Å². The van der Waals surface area contributed by atoms with Crippen molar-refractivity contribution in [3.05, 3.63) is 45.2 Å². The third kappa shape index (κ3) is 3.50. The van der Waals surface area contributed by atoms with Gasteiger partial charge in [-0.1, -0.05) is 19.9 Å². The Morgan fingerprint density at radius 2 is 2.23 bits per heavy atom. The quantitative estimate of drug-likeness (QED) is 0.800. The van der Waals surface area contributed by atoms with Gasteiger partial charge in [0.25, 0.3) is 0 Å². The molecule has 0 amide bonds. The fourth-order valence-electron chi connectivity index (χ4n) is 2.19. The van der Waals surface area contributed by atoms with E-state index < -0.39 is 5.97 Å². The van der Waals surface area contributed by atoms with Crippen LogP contribution in [-0.4, -0.2) is 21.3 Å². The number of hydrogen-bond acceptors (Lipinski definition) is 3. The number of nitrogens with one attached hydrogen (secondary N) is 1. The van der Waals surface area contributed by atoms with Gasteiger partial charge in [0.05, 0.1) is 4.47 Å².